The van der Waals surface area contributed by atoms with Gasteiger partial charge in [-0.05, 0) is 36.5 Å². The summed E-state index contributed by atoms with van der Waals surface area (Å²) in [6.45, 7) is -3.30. The number of hydrogen-bond acceptors (Lipinski definition) is 8. The summed E-state index contributed by atoms with van der Waals surface area (Å²) in [6, 6.07) is 4.08. The Morgan fingerprint density at radius 2 is 1.88 bits per heavy atom. The lowest BCUT2D eigenvalue weighted by Gasteiger charge is -2.21. The summed E-state index contributed by atoms with van der Waals surface area (Å²) in [5.41, 5.74) is -1.30. The highest BCUT2D eigenvalue weighted by Crippen LogP contribution is 2.37. The van der Waals surface area contributed by atoms with Crippen LogP contribution in [-0.4, -0.2) is 42.9 Å². The van der Waals surface area contributed by atoms with Crippen LogP contribution in [0.25, 0.3) is 11.2 Å². The van der Waals surface area contributed by atoms with E-state index >= 15 is 0 Å². The Morgan fingerprint density at radius 3 is 2.58 bits per heavy atom. The first-order valence-electron chi connectivity index (χ1n) is 13.0. The first-order chi connectivity index (χ1) is 20.4. The van der Waals surface area contributed by atoms with Gasteiger partial charge in [-0.2, -0.15) is 8.78 Å². The fourth-order valence-corrected chi connectivity index (χ4v) is 5.00. The van der Waals surface area contributed by atoms with Crippen molar-refractivity contribution in [3.8, 4) is 11.5 Å². The summed E-state index contributed by atoms with van der Waals surface area (Å²) in [7, 11) is 2.74. The highest BCUT2D eigenvalue weighted by atomic mass is 35.5. The van der Waals surface area contributed by atoms with Gasteiger partial charge in [-0.3, -0.25) is 23.5 Å². The van der Waals surface area contributed by atoms with E-state index in [1.807, 2.05) is 0 Å². The Bertz CT molecular complexity index is 1880. The monoisotopic (exact) mass is 639 g/mol. The van der Waals surface area contributed by atoms with E-state index in [-0.39, 0.29) is 51.3 Å². The zero-order chi connectivity index (χ0) is 31.0. The number of aromatic amines is 1. The normalized spacial score (nSPS) is 13.8. The maximum Gasteiger partial charge on any atom is 0.387 e. The number of alkyl halides is 2. The molecule has 0 amide bonds. The molecule has 5 rings (SSSR count). The zero-order valence-corrected chi connectivity index (χ0v) is 24.3. The number of carbonyl (C=O) groups excluding carboxylic acids is 1. The lowest BCUT2D eigenvalue weighted by molar-refractivity contribution is -0.150. The van der Waals surface area contributed by atoms with Crippen molar-refractivity contribution in [3.05, 3.63) is 83.1 Å². The smallest absolute Gasteiger partial charge is 0.387 e. The van der Waals surface area contributed by atoms with Crippen molar-refractivity contribution in [3.63, 3.8) is 0 Å². The lowest BCUT2D eigenvalue weighted by atomic mass is 10.0. The zero-order valence-electron chi connectivity index (χ0n) is 22.8. The maximum absolute atomic E-state index is 13.3. The molecule has 3 heterocycles. The van der Waals surface area contributed by atoms with Crippen LogP contribution < -0.4 is 26.3 Å². The van der Waals surface area contributed by atoms with Crippen molar-refractivity contribution < 1.29 is 27.8 Å². The van der Waals surface area contributed by atoms with Gasteiger partial charge in [0.2, 0.25) is 0 Å². The predicted octanol–water partition coefficient (Wildman–Crippen LogP) is 3.35. The summed E-state index contributed by atoms with van der Waals surface area (Å²) in [6.07, 6.45) is 3.05. The van der Waals surface area contributed by atoms with Gasteiger partial charge in [0, 0.05) is 32.3 Å². The highest BCUT2D eigenvalue weighted by Gasteiger charge is 2.27. The molecule has 1 atom stereocenters. The minimum atomic E-state index is -3.10. The van der Waals surface area contributed by atoms with Crippen LogP contribution in [0.15, 0.2) is 45.1 Å². The average molecular weight is 640 g/mol. The highest BCUT2D eigenvalue weighted by molar-refractivity contribution is 6.35. The van der Waals surface area contributed by atoms with Gasteiger partial charge in [0.1, 0.15) is 17.7 Å². The molecular weight excluding hydrogens is 615 g/mol. The Labute approximate surface area is 251 Å². The number of rotatable bonds is 11. The van der Waals surface area contributed by atoms with Gasteiger partial charge < -0.3 is 23.8 Å². The molecule has 1 N–H and O–H groups in total. The van der Waals surface area contributed by atoms with E-state index in [9.17, 15) is 28.0 Å². The van der Waals surface area contributed by atoms with Gasteiger partial charge in [0.25, 0.3) is 11.1 Å². The molecule has 1 aliphatic rings. The quantitative estimate of drug-likeness (QED) is 0.247. The van der Waals surface area contributed by atoms with Crippen molar-refractivity contribution in [1.29, 1.82) is 0 Å². The molecule has 16 heteroatoms. The summed E-state index contributed by atoms with van der Waals surface area (Å²) < 4.78 is 45.7. The van der Waals surface area contributed by atoms with Crippen molar-refractivity contribution >= 4 is 40.3 Å². The number of aryl methyl sites for hydroxylation is 1. The maximum atomic E-state index is 13.3. The number of pyridine rings is 1. The number of benzene rings is 1. The van der Waals surface area contributed by atoms with Crippen molar-refractivity contribution in [1.82, 2.24) is 23.7 Å². The molecule has 3 aromatic heterocycles. The van der Waals surface area contributed by atoms with E-state index in [2.05, 4.69) is 14.7 Å². The van der Waals surface area contributed by atoms with Crippen molar-refractivity contribution in [2.24, 2.45) is 20.0 Å². The minimum Gasteiger partial charge on any atom is -0.489 e. The number of carbonyl (C=O) groups is 1. The Hall–Kier alpha value is -4.17. The van der Waals surface area contributed by atoms with Gasteiger partial charge in [0.05, 0.1) is 18.0 Å². The van der Waals surface area contributed by atoms with E-state index < -0.39 is 42.0 Å². The molecule has 0 radical (unpaired) electrons. The van der Waals surface area contributed by atoms with Crippen molar-refractivity contribution in [2.75, 3.05) is 6.61 Å². The van der Waals surface area contributed by atoms with E-state index in [0.29, 0.717) is 11.5 Å². The largest absolute Gasteiger partial charge is 0.489 e. The van der Waals surface area contributed by atoms with Gasteiger partial charge in [-0.25, -0.2) is 9.78 Å². The number of halogens is 4. The topological polar surface area (TPSA) is 139 Å². The second-order valence-corrected chi connectivity index (χ2v) is 10.8. The number of nitrogens with one attached hydrogen (secondary N) is 1. The summed E-state index contributed by atoms with van der Waals surface area (Å²) >= 11 is 12.6. The molecular formula is C27H25Cl2F2N5O7. The number of esters is 1. The molecule has 0 spiro atoms. The molecule has 1 fully saturated rings. The van der Waals surface area contributed by atoms with Gasteiger partial charge in [0.15, 0.2) is 22.7 Å². The first-order valence-corrected chi connectivity index (χ1v) is 13.8. The number of hydrogen-bond donors (Lipinski definition) is 1. The van der Waals surface area contributed by atoms with Crippen LogP contribution >= 0.6 is 23.2 Å². The van der Waals surface area contributed by atoms with Gasteiger partial charge in [-0.15, -0.1) is 0 Å². The first kappa shape index (κ1) is 30.3. The van der Waals surface area contributed by atoms with Crippen LogP contribution in [0.1, 0.15) is 30.1 Å². The summed E-state index contributed by atoms with van der Waals surface area (Å²) in [4.78, 5) is 57.1. The Morgan fingerprint density at radius 1 is 1.14 bits per heavy atom. The lowest BCUT2D eigenvalue weighted by Crippen LogP contribution is -2.37. The third-order valence-corrected chi connectivity index (χ3v) is 7.73. The number of ether oxygens (including phenoxy) is 3. The van der Waals surface area contributed by atoms with Crippen LogP contribution in [-0.2, 0) is 36.6 Å². The molecule has 0 bridgehead atoms. The molecule has 1 unspecified atom stereocenters. The van der Waals surface area contributed by atoms with Crippen LogP contribution in [0.2, 0.25) is 10.0 Å². The standard InChI is InChI=1S/C27H25Cl2F2N5O7/c1-34-23-22(25(39)35(2)27(34)40)36(12-33-23)10-20(37)42-18(8-15-16(28)9-32-24(38)21(15)29)14-5-6-17(43-26(30)31)19(7-14)41-11-13-3-4-13/h5-7,9,12-13,18,26H,3-4,8,10-11H2,1-2H3,(H,32,38). The molecule has 1 aromatic carbocycles. The fourth-order valence-electron chi connectivity index (χ4n) is 4.50. The molecule has 1 aliphatic carbocycles. The number of nitrogens with zero attached hydrogens (tertiary/aromatic N) is 4. The third kappa shape index (κ3) is 6.44. The second kappa shape index (κ2) is 12.2. The molecule has 1 saturated carbocycles. The number of aromatic nitrogens is 5. The second-order valence-electron chi connectivity index (χ2n) is 10.0. The molecule has 4 aromatic rings. The van der Waals surface area contributed by atoms with Crippen LogP contribution in [0.4, 0.5) is 8.78 Å². The Balaban J connectivity index is 1.50. The molecule has 228 valence electrons. The van der Waals surface area contributed by atoms with E-state index in [1.54, 1.807) is 0 Å². The Kier molecular flexibility index (Phi) is 8.60. The van der Waals surface area contributed by atoms with Crippen LogP contribution in [0.5, 0.6) is 11.5 Å². The van der Waals surface area contributed by atoms with Crippen LogP contribution in [0, 0.1) is 5.92 Å². The van der Waals surface area contributed by atoms with E-state index in [0.717, 1.165) is 17.4 Å². The molecule has 12 nitrogen and oxygen atoms in total. The SMILES string of the molecule is Cn1c(=O)c2c(ncn2CC(=O)OC(Cc2c(Cl)c[nH]c(=O)c2Cl)c2ccc(OC(F)F)c(OCC3CC3)c2)n(C)c1=O. The minimum absolute atomic E-state index is 0.00282. The molecule has 0 aliphatic heterocycles. The summed E-state index contributed by atoms with van der Waals surface area (Å²) in [5, 5.41) is -0.125. The molecule has 43 heavy (non-hydrogen) atoms. The number of imidazole rings is 1. The van der Waals surface area contributed by atoms with Crippen LogP contribution in [0.3, 0.4) is 0 Å². The van der Waals surface area contributed by atoms with Gasteiger partial charge in [-0.1, -0.05) is 29.3 Å². The number of fused-ring (bicyclic) bond motifs is 1. The average Bonchev–Trinajstić information content (AvgIpc) is 3.71. The number of H-pyrrole nitrogens is 1. The van der Waals surface area contributed by atoms with E-state index in [1.165, 1.54) is 54.0 Å². The third-order valence-electron chi connectivity index (χ3n) is 6.99. The predicted molar refractivity (Wildman–Crippen MR) is 151 cm³/mol. The van der Waals surface area contributed by atoms with Crippen molar-refractivity contribution in [2.45, 2.75) is 38.5 Å². The van der Waals surface area contributed by atoms with Gasteiger partial charge >= 0.3 is 18.3 Å². The van der Waals surface area contributed by atoms with E-state index in [4.69, 9.17) is 32.7 Å². The molecule has 0 saturated heterocycles. The summed E-state index contributed by atoms with van der Waals surface area (Å²) in [5.74, 6) is -0.727. The fraction of sp³-hybridized carbons (Fsp3) is 0.370.